The number of hydrogen-bond acceptors (Lipinski definition) is 2. The van der Waals surface area contributed by atoms with E-state index in [0.29, 0.717) is 5.92 Å². The summed E-state index contributed by atoms with van der Waals surface area (Å²) in [6.07, 6.45) is 0. The highest BCUT2D eigenvalue weighted by molar-refractivity contribution is 5.38. The average molecular weight is 163 g/mol. The molecular weight excluding hydrogens is 150 g/mol. The number of nitrogens with two attached hydrogens (primary N) is 1. The van der Waals surface area contributed by atoms with Gasteiger partial charge in [-0.1, -0.05) is 31.2 Å². The second-order valence-corrected chi connectivity index (χ2v) is 2.96. The highest BCUT2D eigenvalue weighted by atomic mass is 15.3. The molecule has 0 saturated heterocycles. The predicted molar refractivity (Wildman–Crippen MR) is 49.2 cm³/mol. The third-order valence-corrected chi connectivity index (χ3v) is 1.73. The van der Waals surface area contributed by atoms with E-state index in [1.54, 1.807) is 0 Å². The summed E-state index contributed by atoms with van der Waals surface area (Å²) < 4.78 is 0. The molecule has 0 heterocycles. The van der Waals surface area contributed by atoms with Gasteiger partial charge in [0.15, 0.2) is 0 Å². The van der Waals surface area contributed by atoms with Crippen LogP contribution in [0.3, 0.4) is 0 Å². The highest BCUT2D eigenvalue weighted by Crippen LogP contribution is 2.18. The standard InChI is InChI=1S/C9H13N3/c1-7(2)8-3-5-9(6-4-8)11-12-10/h3-7H,1-2H3,(H2,10,11). The van der Waals surface area contributed by atoms with E-state index in [1.165, 1.54) is 5.56 Å². The Bertz CT molecular complexity index is 262. The number of hydrogen-bond donors (Lipinski definition) is 1. The van der Waals surface area contributed by atoms with Crippen LogP contribution in [-0.4, -0.2) is 0 Å². The van der Waals surface area contributed by atoms with Crippen LogP contribution in [-0.2, 0) is 0 Å². The molecule has 64 valence electrons. The second kappa shape index (κ2) is 3.85. The van der Waals surface area contributed by atoms with Crippen LogP contribution < -0.4 is 5.84 Å². The maximum atomic E-state index is 4.92. The summed E-state index contributed by atoms with van der Waals surface area (Å²) >= 11 is 0. The van der Waals surface area contributed by atoms with Gasteiger partial charge >= 0.3 is 0 Å². The van der Waals surface area contributed by atoms with Crippen molar-refractivity contribution in [1.82, 2.24) is 0 Å². The first-order valence-corrected chi connectivity index (χ1v) is 3.95. The smallest absolute Gasteiger partial charge is 0.0874 e. The molecular formula is C9H13N3. The third kappa shape index (κ3) is 2.05. The van der Waals surface area contributed by atoms with E-state index in [9.17, 15) is 0 Å². The molecule has 0 aliphatic carbocycles. The molecule has 0 spiro atoms. The van der Waals surface area contributed by atoms with Crippen molar-refractivity contribution in [1.29, 1.82) is 0 Å². The number of benzene rings is 1. The Morgan fingerprint density at radius 1 is 1.17 bits per heavy atom. The lowest BCUT2D eigenvalue weighted by Gasteiger charge is -2.03. The summed E-state index contributed by atoms with van der Waals surface area (Å²) in [7, 11) is 0. The van der Waals surface area contributed by atoms with Crippen LogP contribution in [0.15, 0.2) is 34.6 Å². The third-order valence-electron chi connectivity index (χ3n) is 1.73. The largest absolute Gasteiger partial charge is 0.305 e. The molecule has 0 aromatic heterocycles. The first kappa shape index (κ1) is 8.71. The molecule has 0 radical (unpaired) electrons. The fourth-order valence-corrected chi connectivity index (χ4v) is 0.993. The molecule has 0 saturated carbocycles. The quantitative estimate of drug-likeness (QED) is 0.407. The van der Waals surface area contributed by atoms with Crippen molar-refractivity contribution in [3.8, 4) is 0 Å². The van der Waals surface area contributed by atoms with E-state index in [4.69, 9.17) is 5.84 Å². The summed E-state index contributed by atoms with van der Waals surface area (Å²) in [5, 5.41) is 6.92. The van der Waals surface area contributed by atoms with Crippen LogP contribution in [0.4, 0.5) is 5.69 Å². The first-order valence-electron chi connectivity index (χ1n) is 3.95. The fraction of sp³-hybridized carbons (Fsp3) is 0.333. The lowest BCUT2D eigenvalue weighted by molar-refractivity contribution is 0.866. The Morgan fingerprint density at radius 3 is 2.17 bits per heavy atom. The SMILES string of the molecule is CC(C)c1ccc(N=NN)cc1. The molecule has 0 aliphatic heterocycles. The van der Waals surface area contributed by atoms with Crippen molar-refractivity contribution in [2.75, 3.05) is 0 Å². The monoisotopic (exact) mass is 163 g/mol. The molecule has 0 fully saturated rings. The van der Waals surface area contributed by atoms with Crippen LogP contribution in [0.25, 0.3) is 0 Å². The fourth-order valence-electron chi connectivity index (χ4n) is 0.993. The van der Waals surface area contributed by atoms with Crippen LogP contribution >= 0.6 is 0 Å². The van der Waals surface area contributed by atoms with Crippen LogP contribution in [0.5, 0.6) is 0 Å². The molecule has 2 N–H and O–H groups in total. The minimum atomic E-state index is 0.550. The molecule has 1 aromatic carbocycles. The topological polar surface area (TPSA) is 50.7 Å². The zero-order chi connectivity index (χ0) is 8.97. The number of nitrogens with zero attached hydrogens (tertiary/aromatic N) is 2. The van der Waals surface area contributed by atoms with Gasteiger partial charge in [0.1, 0.15) is 0 Å². The minimum absolute atomic E-state index is 0.550. The van der Waals surface area contributed by atoms with E-state index >= 15 is 0 Å². The number of rotatable bonds is 2. The summed E-state index contributed by atoms with van der Waals surface area (Å²) in [4.78, 5) is 0. The van der Waals surface area contributed by atoms with Gasteiger partial charge < -0.3 is 5.84 Å². The zero-order valence-corrected chi connectivity index (χ0v) is 7.36. The molecule has 0 unspecified atom stereocenters. The predicted octanol–water partition coefficient (Wildman–Crippen LogP) is 2.77. The lowest BCUT2D eigenvalue weighted by atomic mass is 10.0. The summed E-state index contributed by atoms with van der Waals surface area (Å²) in [6.45, 7) is 4.30. The first-order chi connectivity index (χ1) is 5.74. The van der Waals surface area contributed by atoms with Gasteiger partial charge in [-0.15, -0.1) is 5.11 Å². The zero-order valence-electron chi connectivity index (χ0n) is 7.36. The maximum absolute atomic E-state index is 4.92. The van der Waals surface area contributed by atoms with E-state index in [-0.39, 0.29) is 0 Å². The van der Waals surface area contributed by atoms with Crippen molar-refractivity contribution in [2.24, 2.45) is 16.2 Å². The summed E-state index contributed by atoms with van der Waals surface area (Å²) in [5.74, 6) is 5.47. The minimum Gasteiger partial charge on any atom is -0.305 e. The molecule has 1 aromatic rings. The van der Waals surface area contributed by atoms with Gasteiger partial charge in [0.2, 0.25) is 0 Å². The van der Waals surface area contributed by atoms with Gasteiger partial charge in [0.25, 0.3) is 0 Å². The van der Waals surface area contributed by atoms with Gasteiger partial charge in [0.05, 0.1) is 5.69 Å². The molecule has 0 amide bonds. The van der Waals surface area contributed by atoms with Gasteiger partial charge in [-0.25, -0.2) is 0 Å². The average Bonchev–Trinajstić information content (AvgIpc) is 2.06. The van der Waals surface area contributed by atoms with E-state index < -0.39 is 0 Å². The summed E-state index contributed by atoms with van der Waals surface area (Å²) in [6, 6.07) is 7.89. The van der Waals surface area contributed by atoms with Crippen molar-refractivity contribution < 1.29 is 0 Å². The molecule has 0 aliphatic rings. The Hall–Kier alpha value is -1.38. The van der Waals surface area contributed by atoms with Crippen LogP contribution in [0.1, 0.15) is 25.3 Å². The van der Waals surface area contributed by atoms with E-state index in [0.717, 1.165) is 5.69 Å². The second-order valence-electron chi connectivity index (χ2n) is 2.96. The van der Waals surface area contributed by atoms with Gasteiger partial charge in [-0.3, -0.25) is 0 Å². The molecule has 3 nitrogen and oxygen atoms in total. The van der Waals surface area contributed by atoms with Crippen molar-refractivity contribution in [3.63, 3.8) is 0 Å². The molecule has 3 heteroatoms. The van der Waals surface area contributed by atoms with Crippen molar-refractivity contribution in [3.05, 3.63) is 29.8 Å². The molecule has 0 atom stereocenters. The summed E-state index contributed by atoms with van der Waals surface area (Å²) in [5.41, 5.74) is 2.09. The highest BCUT2D eigenvalue weighted by Gasteiger charge is 1.97. The Morgan fingerprint density at radius 2 is 1.75 bits per heavy atom. The maximum Gasteiger partial charge on any atom is 0.0874 e. The van der Waals surface area contributed by atoms with Gasteiger partial charge in [-0.05, 0) is 23.6 Å². The van der Waals surface area contributed by atoms with Crippen LogP contribution in [0.2, 0.25) is 0 Å². The normalized spacial score (nSPS) is 11.2. The van der Waals surface area contributed by atoms with Gasteiger partial charge in [-0.2, -0.15) is 0 Å². The van der Waals surface area contributed by atoms with Gasteiger partial charge in [0, 0.05) is 0 Å². The Balaban J connectivity index is 2.85. The molecule has 0 bridgehead atoms. The van der Waals surface area contributed by atoms with Crippen LogP contribution in [0, 0.1) is 0 Å². The Labute approximate surface area is 72.3 Å². The van der Waals surface area contributed by atoms with E-state index in [2.05, 4.69) is 24.2 Å². The lowest BCUT2D eigenvalue weighted by Crippen LogP contribution is -1.84. The molecule has 12 heavy (non-hydrogen) atoms. The Kier molecular flexibility index (Phi) is 2.80. The van der Waals surface area contributed by atoms with E-state index in [1.807, 2.05) is 24.3 Å². The van der Waals surface area contributed by atoms with Crippen molar-refractivity contribution >= 4 is 5.69 Å². The molecule has 1 rings (SSSR count). The van der Waals surface area contributed by atoms with Crippen molar-refractivity contribution in [2.45, 2.75) is 19.8 Å².